The zero-order chi connectivity index (χ0) is 13.5. The van der Waals surface area contributed by atoms with Gasteiger partial charge in [-0.2, -0.15) is 0 Å². The number of thiophene rings is 1. The highest BCUT2D eigenvalue weighted by Gasteiger charge is 2.39. The van der Waals surface area contributed by atoms with E-state index < -0.39 is 0 Å². The molecule has 4 nitrogen and oxygen atoms in total. The molecular formula is C15H16N2O2S. The Kier molecular flexibility index (Phi) is 2.89. The molecule has 0 spiro atoms. The third-order valence-corrected chi connectivity index (χ3v) is 5.09. The van der Waals surface area contributed by atoms with Crippen LogP contribution in [0.2, 0.25) is 0 Å². The molecule has 2 bridgehead atoms. The first-order chi connectivity index (χ1) is 9.79. The lowest BCUT2D eigenvalue weighted by Gasteiger charge is -2.20. The normalized spacial score (nSPS) is 27.9. The minimum Gasteiger partial charge on any atom is -0.450 e. The summed E-state index contributed by atoms with van der Waals surface area (Å²) in [5.74, 6) is 1.06. The number of fused-ring (bicyclic) bond motifs is 2. The molecular weight excluding hydrogens is 272 g/mol. The van der Waals surface area contributed by atoms with Gasteiger partial charge in [0.05, 0.1) is 4.88 Å². The molecule has 4 heterocycles. The number of amides is 1. The van der Waals surface area contributed by atoms with Crippen molar-refractivity contribution in [1.29, 1.82) is 0 Å². The fourth-order valence-corrected chi connectivity index (χ4v) is 3.92. The van der Waals surface area contributed by atoms with E-state index in [1.807, 2.05) is 23.6 Å². The van der Waals surface area contributed by atoms with Gasteiger partial charge in [-0.3, -0.25) is 4.79 Å². The maximum Gasteiger partial charge on any atom is 0.287 e. The molecule has 3 atom stereocenters. The molecule has 5 heteroatoms. The van der Waals surface area contributed by atoms with E-state index in [9.17, 15) is 4.79 Å². The summed E-state index contributed by atoms with van der Waals surface area (Å²) in [6, 6.07) is 8.86. The Hall–Kier alpha value is -1.59. The van der Waals surface area contributed by atoms with Gasteiger partial charge < -0.3 is 15.1 Å². The van der Waals surface area contributed by atoms with Gasteiger partial charge >= 0.3 is 0 Å². The highest BCUT2D eigenvalue weighted by atomic mass is 32.1. The number of nitrogens with one attached hydrogen (secondary N) is 2. The molecule has 104 valence electrons. The summed E-state index contributed by atoms with van der Waals surface area (Å²) in [5, 5.41) is 8.61. The number of carbonyl (C=O) groups is 1. The van der Waals surface area contributed by atoms with Crippen molar-refractivity contribution in [2.75, 3.05) is 0 Å². The van der Waals surface area contributed by atoms with E-state index in [0.29, 0.717) is 17.8 Å². The Bertz CT molecular complexity index is 620. The van der Waals surface area contributed by atoms with E-state index in [4.69, 9.17) is 4.42 Å². The maximum atomic E-state index is 12.2. The largest absolute Gasteiger partial charge is 0.450 e. The molecule has 1 amide bonds. The van der Waals surface area contributed by atoms with Gasteiger partial charge in [0, 0.05) is 18.1 Å². The Labute approximate surface area is 121 Å². The van der Waals surface area contributed by atoms with E-state index in [-0.39, 0.29) is 11.9 Å². The van der Waals surface area contributed by atoms with Gasteiger partial charge in [0.25, 0.3) is 5.91 Å². The third kappa shape index (κ3) is 2.07. The molecule has 4 rings (SSSR count). The van der Waals surface area contributed by atoms with E-state index in [1.165, 1.54) is 6.42 Å². The molecule has 2 aromatic heterocycles. The van der Waals surface area contributed by atoms with Crippen LogP contribution in [-0.4, -0.2) is 24.0 Å². The quantitative estimate of drug-likeness (QED) is 0.913. The van der Waals surface area contributed by atoms with Gasteiger partial charge in [-0.05, 0) is 42.8 Å². The molecule has 2 aromatic rings. The fraction of sp³-hybridized carbons (Fsp3) is 0.400. The zero-order valence-electron chi connectivity index (χ0n) is 11.0. The highest BCUT2D eigenvalue weighted by molar-refractivity contribution is 7.13. The van der Waals surface area contributed by atoms with Gasteiger partial charge in [-0.1, -0.05) is 6.07 Å². The van der Waals surface area contributed by atoms with Crippen LogP contribution < -0.4 is 10.6 Å². The molecule has 0 aromatic carbocycles. The van der Waals surface area contributed by atoms with Crippen molar-refractivity contribution in [1.82, 2.24) is 10.6 Å². The average molecular weight is 288 g/mol. The van der Waals surface area contributed by atoms with E-state index in [0.717, 1.165) is 23.5 Å². The molecule has 0 radical (unpaired) electrons. The second-order valence-electron chi connectivity index (χ2n) is 5.50. The summed E-state index contributed by atoms with van der Waals surface area (Å²) in [6.45, 7) is 0. The minimum absolute atomic E-state index is 0.104. The molecule has 20 heavy (non-hydrogen) atoms. The van der Waals surface area contributed by atoms with Crippen molar-refractivity contribution in [3.8, 4) is 10.6 Å². The summed E-state index contributed by atoms with van der Waals surface area (Å²) in [7, 11) is 0. The number of hydrogen-bond acceptors (Lipinski definition) is 4. The predicted octanol–water partition coefficient (Wildman–Crippen LogP) is 2.63. The highest BCUT2D eigenvalue weighted by Crippen LogP contribution is 2.29. The second-order valence-corrected chi connectivity index (χ2v) is 6.45. The van der Waals surface area contributed by atoms with E-state index in [2.05, 4.69) is 10.6 Å². The van der Waals surface area contributed by atoms with Crippen LogP contribution >= 0.6 is 11.3 Å². The van der Waals surface area contributed by atoms with Crippen molar-refractivity contribution >= 4 is 17.2 Å². The number of rotatable bonds is 3. The average Bonchev–Trinajstić information content (AvgIpc) is 3.21. The van der Waals surface area contributed by atoms with Gasteiger partial charge in [-0.25, -0.2) is 0 Å². The molecule has 2 aliphatic heterocycles. The lowest BCUT2D eigenvalue weighted by Crippen LogP contribution is -2.42. The molecule has 0 aliphatic carbocycles. The van der Waals surface area contributed by atoms with Gasteiger partial charge in [0.1, 0.15) is 5.76 Å². The maximum absolute atomic E-state index is 12.2. The van der Waals surface area contributed by atoms with Crippen LogP contribution in [0.4, 0.5) is 0 Å². The van der Waals surface area contributed by atoms with Crippen LogP contribution in [0.1, 0.15) is 29.8 Å². The molecule has 2 fully saturated rings. The molecule has 0 saturated carbocycles. The van der Waals surface area contributed by atoms with Crippen LogP contribution in [0.3, 0.4) is 0 Å². The summed E-state index contributed by atoms with van der Waals surface area (Å²) in [4.78, 5) is 13.3. The monoisotopic (exact) mass is 288 g/mol. The molecule has 2 saturated heterocycles. The van der Waals surface area contributed by atoms with Crippen molar-refractivity contribution in [2.45, 2.75) is 37.4 Å². The summed E-state index contributed by atoms with van der Waals surface area (Å²) >= 11 is 1.61. The van der Waals surface area contributed by atoms with Crippen molar-refractivity contribution in [3.63, 3.8) is 0 Å². The summed E-state index contributed by atoms with van der Waals surface area (Å²) in [5.41, 5.74) is 0. The van der Waals surface area contributed by atoms with Crippen LogP contribution in [-0.2, 0) is 0 Å². The first-order valence-corrected chi connectivity index (χ1v) is 7.88. The Morgan fingerprint density at radius 1 is 1.35 bits per heavy atom. The SMILES string of the molecule is O=C(N[C@@H]1C[C@H]2CC[C@@H]1N2)c1ccc(-c2cccs2)o1. The predicted molar refractivity (Wildman–Crippen MR) is 77.8 cm³/mol. The van der Waals surface area contributed by atoms with Crippen molar-refractivity contribution in [2.24, 2.45) is 0 Å². The standard InChI is InChI=1S/C15H16N2O2S/c18-15(17-11-8-9-3-4-10(11)16-9)13-6-5-12(19-13)14-2-1-7-20-14/h1-2,5-7,9-11,16H,3-4,8H2,(H,17,18)/t9-,10+,11-/m1/s1. The van der Waals surface area contributed by atoms with Gasteiger partial charge in [0.2, 0.25) is 0 Å². The third-order valence-electron chi connectivity index (χ3n) is 4.21. The number of furan rings is 1. The van der Waals surface area contributed by atoms with Gasteiger partial charge in [-0.15, -0.1) is 11.3 Å². The summed E-state index contributed by atoms with van der Waals surface area (Å²) < 4.78 is 5.66. The van der Waals surface area contributed by atoms with Crippen molar-refractivity contribution in [3.05, 3.63) is 35.4 Å². The smallest absolute Gasteiger partial charge is 0.287 e. The Balaban J connectivity index is 1.46. The topological polar surface area (TPSA) is 54.3 Å². The second kappa shape index (κ2) is 4.75. The fourth-order valence-electron chi connectivity index (χ4n) is 3.23. The van der Waals surface area contributed by atoms with Crippen LogP contribution in [0.25, 0.3) is 10.6 Å². The zero-order valence-corrected chi connectivity index (χ0v) is 11.8. The Morgan fingerprint density at radius 3 is 3.00 bits per heavy atom. The summed E-state index contributed by atoms with van der Waals surface area (Å²) in [6.07, 6.45) is 3.43. The van der Waals surface area contributed by atoms with Crippen LogP contribution in [0, 0.1) is 0 Å². The minimum atomic E-state index is -0.104. The van der Waals surface area contributed by atoms with Crippen LogP contribution in [0.15, 0.2) is 34.1 Å². The Morgan fingerprint density at radius 2 is 2.30 bits per heavy atom. The van der Waals surface area contributed by atoms with Crippen LogP contribution in [0.5, 0.6) is 0 Å². The first-order valence-electron chi connectivity index (χ1n) is 7.00. The molecule has 2 aliphatic rings. The first kappa shape index (κ1) is 12.2. The lowest BCUT2D eigenvalue weighted by molar-refractivity contribution is 0.0903. The molecule has 2 N–H and O–H groups in total. The van der Waals surface area contributed by atoms with Gasteiger partial charge in [0.15, 0.2) is 5.76 Å². The van der Waals surface area contributed by atoms with Crippen molar-refractivity contribution < 1.29 is 9.21 Å². The number of hydrogen-bond donors (Lipinski definition) is 2. The van der Waals surface area contributed by atoms with E-state index in [1.54, 1.807) is 17.4 Å². The van der Waals surface area contributed by atoms with E-state index >= 15 is 0 Å². The molecule has 0 unspecified atom stereocenters. The number of carbonyl (C=O) groups excluding carboxylic acids is 1. The lowest BCUT2D eigenvalue weighted by atomic mass is 9.95.